The third-order valence-corrected chi connectivity index (χ3v) is 4.39. The van der Waals surface area contributed by atoms with Gasteiger partial charge in [0.05, 0.1) is 0 Å². The summed E-state index contributed by atoms with van der Waals surface area (Å²) in [5, 5.41) is 4.90. The number of nitrogens with zero attached hydrogens (tertiary/aromatic N) is 2. The van der Waals surface area contributed by atoms with E-state index in [1.165, 1.54) is 11.3 Å². The van der Waals surface area contributed by atoms with Crippen LogP contribution in [0.15, 0.2) is 36.0 Å². The van der Waals surface area contributed by atoms with Crippen LogP contribution in [0.4, 0.5) is 5.69 Å². The fourth-order valence-electron chi connectivity index (χ4n) is 2.41. The molecule has 3 aromatic rings. The van der Waals surface area contributed by atoms with Crippen molar-refractivity contribution in [2.45, 2.75) is 26.7 Å². The summed E-state index contributed by atoms with van der Waals surface area (Å²) < 4.78 is 1.81. The predicted octanol–water partition coefficient (Wildman–Crippen LogP) is 4.08. The van der Waals surface area contributed by atoms with Crippen LogP contribution in [0.1, 0.15) is 41.4 Å². The smallest absolute Gasteiger partial charge is 0.273 e. The maximum Gasteiger partial charge on any atom is 0.273 e. The van der Waals surface area contributed by atoms with Gasteiger partial charge in [0.15, 0.2) is 4.96 Å². The first-order valence-electron chi connectivity index (χ1n) is 6.89. The molecule has 0 fully saturated rings. The van der Waals surface area contributed by atoms with Crippen molar-refractivity contribution >= 4 is 27.9 Å². The van der Waals surface area contributed by atoms with Gasteiger partial charge in [-0.15, -0.1) is 11.3 Å². The third-order valence-electron chi connectivity index (χ3n) is 3.54. The van der Waals surface area contributed by atoms with Gasteiger partial charge in [-0.3, -0.25) is 9.20 Å². The molecule has 4 nitrogen and oxygen atoms in total. The summed E-state index contributed by atoms with van der Waals surface area (Å²) in [6.45, 7) is 6.27. The van der Waals surface area contributed by atoms with Crippen molar-refractivity contribution < 1.29 is 4.79 Å². The van der Waals surface area contributed by atoms with Crippen molar-refractivity contribution in [2.75, 3.05) is 5.32 Å². The molecule has 3 rings (SSSR count). The largest absolute Gasteiger partial charge is 0.320 e. The average molecular weight is 299 g/mol. The highest BCUT2D eigenvalue weighted by Gasteiger charge is 2.16. The Kier molecular flexibility index (Phi) is 3.51. The first kappa shape index (κ1) is 13.8. The number of fused-ring (bicyclic) bond motifs is 1. The minimum Gasteiger partial charge on any atom is -0.320 e. The maximum atomic E-state index is 12.6. The Morgan fingerprint density at radius 2 is 2.19 bits per heavy atom. The lowest BCUT2D eigenvalue weighted by atomic mass is 9.98. The number of thiazole rings is 1. The SMILES string of the molecule is Cc1cccc(C(C)C)c1NC(=O)c1csc2nccn12. The fourth-order valence-corrected chi connectivity index (χ4v) is 3.24. The average Bonchev–Trinajstić information content (AvgIpc) is 3.02. The summed E-state index contributed by atoms with van der Waals surface area (Å²) in [7, 11) is 0. The zero-order valence-electron chi connectivity index (χ0n) is 12.3. The van der Waals surface area contributed by atoms with Crippen LogP contribution >= 0.6 is 11.3 Å². The molecule has 0 aliphatic carbocycles. The molecule has 0 radical (unpaired) electrons. The normalized spacial score (nSPS) is 11.2. The van der Waals surface area contributed by atoms with E-state index in [0.29, 0.717) is 11.6 Å². The van der Waals surface area contributed by atoms with Gasteiger partial charge < -0.3 is 5.32 Å². The lowest BCUT2D eigenvalue weighted by molar-refractivity contribution is 0.102. The first-order valence-corrected chi connectivity index (χ1v) is 7.77. The summed E-state index contributed by atoms with van der Waals surface area (Å²) in [4.78, 5) is 17.6. The first-order chi connectivity index (χ1) is 10.1. The van der Waals surface area contributed by atoms with E-state index in [9.17, 15) is 4.79 Å². The van der Waals surface area contributed by atoms with Crippen LogP contribution < -0.4 is 5.32 Å². The monoisotopic (exact) mass is 299 g/mol. The van der Waals surface area contributed by atoms with E-state index >= 15 is 0 Å². The number of benzene rings is 1. The Balaban J connectivity index is 1.97. The molecule has 108 valence electrons. The number of imidazole rings is 1. The number of carbonyl (C=O) groups is 1. The van der Waals surface area contributed by atoms with Crippen molar-refractivity contribution in [1.29, 1.82) is 0 Å². The van der Waals surface area contributed by atoms with E-state index in [4.69, 9.17) is 0 Å². The summed E-state index contributed by atoms with van der Waals surface area (Å²) in [5.41, 5.74) is 3.76. The van der Waals surface area contributed by atoms with Crippen LogP contribution in [-0.2, 0) is 0 Å². The fraction of sp³-hybridized carbons (Fsp3) is 0.250. The summed E-state index contributed by atoms with van der Waals surface area (Å²) in [6.07, 6.45) is 3.51. The lowest BCUT2D eigenvalue weighted by Gasteiger charge is -2.16. The van der Waals surface area contributed by atoms with Crippen molar-refractivity contribution in [3.05, 3.63) is 52.8 Å². The molecule has 0 saturated carbocycles. The Labute approximate surface area is 127 Å². The van der Waals surface area contributed by atoms with Gasteiger partial charge in [0.25, 0.3) is 5.91 Å². The molecule has 5 heteroatoms. The van der Waals surface area contributed by atoms with E-state index in [1.54, 1.807) is 6.20 Å². The number of para-hydroxylation sites is 1. The molecule has 0 saturated heterocycles. The quantitative estimate of drug-likeness (QED) is 0.792. The van der Waals surface area contributed by atoms with E-state index in [0.717, 1.165) is 21.8 Å². The van der Waals surface area contributed by atoms with Crippen molar-refractivity contribution in [3.8, 4) is 0 Å². The molecule has 21 heavy (non-hydrogen) atoms. The van der Waals surface area contributed by atoms with Crippen LogP contribution in [0.3, 0.4) is 0 Å². The second kappa shape index (κ2) is 5.33. The molecular formula is C16H17N3OS. The number of aryl methyl sites for hydroxylation is 1. The summed E-state index contributed by atoms with van der Waals surface area (Å²) in [6, 6.07) is 6.11. The Hall–Kier alpha value is -2.14. The number of rotatable bonds is 3. The molecule has 0 aliphatic heterocycles. The summed E-state index contributed by atoms with van der Waals surface area (Å²) in [5.74, 6) is 0.256. The van der Waals surface area contributed by atoms with Crippen LogP contribution in [-0.4, -0.2) is 15.3 Å². The van der Waals surface area contributed by atoms with E-state index in [-0.39, 0.29) is 5.91 Å². The van der Waals surface area contributed by atoms with Gasteiger partial charge in [-0.25, -0.2) is 4.98 Å². The van der Waals surface area contributed by atoms with Gasteiger partial charge in [-0.1, -0.05) is 32.0 Å². The predicted molar refractivity (Wildman–Crippen MR) is 86.3 cm³/mol. The molecule has 0 unspecified atom stereocenters. The number of aromatic nitrogens is 2. The van der Waals surface area contributed by atoms with Crippen molar-refractivity contribution in [3.63, 3.8) is 0 Å². The molecule has 0 spiro atoms. The van der Waals surface area contributed by atoms with Gasteiger partial charge in [0, 0.05) is 23.5 Å². The minimum absolute atomic E-state index is 0.101. The number of amides is 1. The second-order valence-corrected chi connectivity index (χ2v) is 6.19. The van der Waals surface area contributed by atoms with Crippen LogP contribution in [0.2, 0.25) is 0 Å². The standard InChI is InChI=1S/C16H17N3OS/c1-10(2)12-6-4-5-11(3)14(12)18-15(20)13-9-21-16-17-7-8-19(13)16/h4-10H,1-3H3,(H,18,20). The van der Waals surface area contributed by atoms with E-state index < -0.39 is 0 Å². The zero-order valence-corrected chi connectivity index (χ0v) is 13.1. The van der Waals surface area contributed by atoms with Gasteiger partial charge in [0.1, 0.15) is 5.69 Å². The van der Waals surface area contributed by atoms with Crippen LogP contribution in [0.5, 0.6) is 0 Å². The molecule has 2 heterocycles. The van der Waals surface area contributed by atoms with Crippen LogP contribution in [0.25, 0.3) is 4.96 Å². The molecule has 1 aromatic carbocycles. The van der Waals surface area contributed by atoms with Crippen LogP contribution in [0, 0.1) is 6.92 Å². The van der Waals surface area contributed by atoms with E-state index in [2.05, 4.69) is 30.2 Å². The number of hydrogen-bond donors (Lipinski definition) is 1. The van der Waals surface area contributed by atoms with E-state index in [1.807, 2.05) is 35.0 Å². The molecule has 2 aromatic heterocycles. The molecule has 0 bridgehead atoms. The number of anilines is 1. The molecule has 0 atom stereocenters. The minimum atomic E-state index is -0.101. The van der Waals surface area contributed by atoms with Gasteiger partial charge in [-0.2, -0.15) is 0 Å². The van der Waals surface area contributed by atoms with Gasteiger partial charge in [-0.05, 0) is 24.0 Å². The number of hydrogen-bond acceptors (Lipinski definition) is 3. The third kappa shape index (κ3) is 2.45. The van der Waals surface area contributed by atoms with Crippen molar-refractivity contribution in [2.24, 2.45) is 0 Å². The molecular weight excluding hydrogens is 282 g/mol. The second-order valence-electron chi connectivity index (χ2n) is 5.35. The Morgan fingerprint density at radius 1 is 1.38 bits per heavy atom. The molecule has 1 amide bonds. The van der Waals surface area contributed by atoms with Gasteiger partial charge in [0.2, 0.25) is 0 Å². The lowest BCUT2D eigenvalue weighted by Crippen LogP contribution is -2.16. The molecule has 1 N–H and O–H groups in total. The maximum absolute atomic E-state index is 12.6. The number of nitrogens with one attached hydrogen (secondary N) is 1. The summed E-state index contributed by atoms with van der Waals surface area (Å²) >= 11 is 1.47. The number of carbonyl (C=O) groups excluding carboxylic acids is 1. The topological polar surface area (TPSA) is 46.4 Å². The highest BCUT2D eigenvalue weighted by molar-refractivity contribution is 7.15. The highest BCUT2D eigenvalue weighted by atomic mass is 32.1. The zero-order chi connectivity index (χ0) is 15.0. The van der Waals surface area contributed by atoms with Crippen molar-refractivity contribution in [1.82, 2.24) is 9.38 Å². The highest BCUT2D eigenvalue weighted by Crippen LogP contribution is 2.28. The van der Waals surface area contributed by atoms with Gasteiger partial charge >= 0.3 is 0 Å². The Morgan fingerprint density at radius 3 is 2.95 bits per heavy atom. The molecule has 0 aliphatic rings. The Bertz CT molecular complexity index is 801.